The first-order valence-electron chi connectivity index (χ1n) is 17.6. The van der Waals surface area contributed by atoms with E-state index in [0.29, 0.717) is 0 Å². The van der Waals surface area contributed by atoms with Gasteiger partial charge in [-0.15, -0.1) is 34.0 Å². The molecular formula is C49H37NS3. The monoisotopic (exact) mass is 735 g/mol. The average molecular weight is 736 g/mol. The second-order valence-corrected chi connectivity index (χ2v) is 15.8. The topological polar surface area (TPSA) is 3.24 Å². The zero-order valence-electron chi connectivity index (χ0n) is 29.4. The Hall–Kier alpha value is -5.78. The van der Waals surface area contributed by atoms with E-state index >= 15 is 0 Å². The summed E-state index contributed by atoms with van der Waals surface area (Å²) in [6.07, 6.45) is 8.12. The Morgan fingerprint density at radius 3 is 1.17 bits per heavy atom. The molecule has 3 aromatic heterocycles. The molecule has 0 amide bonds. The fraction of sp³-hybridized carbons (Fsp3) is 0.0204. The van der Waals surface area contributed by atoms with Crippen molar-refractivity contribution in [2.24, 2.45) is 0 Å². The number of allylic oxidation sites excluding steroid dienone is 5. The van der Waals surface area contributed by atoms with Gasteiger partial charge in [-0.2, -0.15) is 0 Å². The molecule has 0 fully saturated rings. The maximum absolute atomic E-state index is 3.90. The van der Waals surface area contributed by atoms with E-state index in [2.05, 4.69) is 200 Å². The van der Waals surface area contributed by atoms with Crippen LogP contribution in [0.5, 0.6) is 0 Å². The third-order valence-electron chi connectivity index (χ3n) is 9.09. The zero-order valence-corrected chi connectivity index (χ0v) is 31.8. The maximum Gasteiger partial charge on any atom is 0.0462 e. The minimum absolute atomic E-state index is 1.11. The molecule has 256 valence electrons. The first-order valence-corrected chi connectivity index (χ1v) is 20.1. The number of hydrogen-bond donors (Lipinski definition) is 0. The first-order chi connectivity index (χ1) is 26.2. The van der Waals surface area contributed by atoms with Crippen molar-refractivity contribution in [3.63, 3.8) is 0 Å². The lowest BCUT2D eigenvalue weighted by atomic mass is 10.1. The average Bonchev–Trinajstić information content (AvgIpc) is 4.02. The molecular weight excluding hydrogens is 699 g/mol. The molecule has 3 heterocycles. The summed E-state index contributed by atoms with van der Waals surface area (Å²) in [7, 11) is 0. The van der Waals surface area contributed by atoms with E-state index in [9.17, 15) is 0 Å². The van der Waals surface area contributed by atoms with Crippen molar-refractivity contribution in [1.82, 2.24) is 0 Å². The lowest BCUT2D eigenvalue weighted by Gasteiger charge is -2.26. The van der Waals surface area contributed by atoms with Gasteiger partial charge in [-0.25, -0.2) is 0 Å². The number of benzene rings is 5. The van der Waals surface area contributed by atoms with Crippen LogP contribution < -0.4 is 4.90 Å². The Bertz CT molecular complexity index is 2370. The smallest absolute Gasteiger partial charge is 0.0462 e. The van der Waals surface area contributed by atoms with Crippen molar-refractivity contribution < 1.29 is 0 Å². The molecule has 0 aliphatic rings. The van der Waals surface area contributed by atoms with Crippen LogP contribution in [-0.2, 0) is 0 Å². The molecule has 0 bridgehead atoms. The molecule has 1 nitrogen and oxygen atoms in total. The Kier molecular flexibility index (Phi) is 10.3. The summed E-state index contributed by atoms with van der Waals surface area (Å²) < 4.78 is 0. The summed E-state index contributed by atoms with van der Waals surface area (Å²) in [6, 6.07) is 61.4. The van der Waals surface area contributed by atoms with Gasteiger partial charge < -0.3 is 4.90 Å². The van der Waals surface area contributed by atoms with Crippen molar-refractivity contribution >= 4 is 56.6 Å². The highest BCUT2D eigenvalue weighted by molar-refractivity contribution is 7.19. The molecule has 0 aliphatic carbocycles. The first kappa shape index (κ1) is 34.3. The normalized spacial score (nSPS) is 11.6. The van der Waals surface area contributed by atoms with Crippen LogP contribution in [-0.4, -0.2) is 0 Å². The minimum Gasteiger partial charge on any atom is -0.311 e. The summed E-state index contributed by atoms with van der Waals surface area (Å²) in [4.78, 5) is 9.90. The van der Waals surface area contributed by atoms with Gasteiger partial charge >= 0.3 is 0 Å². The number of thiophene rings is 3. The van der Waals surface area contributed by atoms with Crippen LogP contribution in [0.15, 0.2) is 201 Å². The highest BCUT2D eigenvalue weighted by Gasteiger charge is 2.15. The van der Waals surface area contributed by atoms with Gasteiger partial charge in [0.2, 0.25) is 0 Å². The SMILES string of the molecule is C=C/C=C(\C=C/C)c1ccc(-c2ccc(N(c3ccc(-c4ccc(-c5ccccc5)s4)cc3)c3ccc(-c4ccc(-c5ccccc5)s4)cc3)cc2)s1. The molecule has 0 unspecified atom stereocenters. The molecule has 0 aliphatic heterocycles. The molecule has 0 N–H and O–H groups in total. The van der Waals surface area contributed by atoms with Crippen molar-refractivity contribution in [3.8, 4) is 52.2 Å². The zero-order chi connectivity index (χ0) is 36.0. The molecule has 4 heteroatoms. The highest BCUT2D eigenvalue weighted by Crippen LogP contribution is 2.41. The minimum atomic E-state index is 1.11. The van der Waals surface area contributed by atoms with E-state index in [0.717, 1.165) is 17.1 Å². The van der Waals surface area contributed by atoms with Crippen LogP contribution in [0.4, 0.5) is 17.1 Å². The summed E-state index contributed by atoms with van der Waals surface area (Å²) in [5.41, 5.74) is 10.6. The third kappa shape index (κ3) is 7.58. The van der Waals surface area contributed by atoms with Crippen molar-refractivity contribution in [1.29, 1.82) is 0 Å². The van der Waals surface area contributed by atoms with Gasteiger partial charge in [-0.1, -0.05) is 128 Å². The van der Waals surface area contributed by atoms with E-state index in [1.807, 2.05) is 35.7 Å². The molecule has 8 rings (SSSR count). The standard InChI is InChI=1S/C49H37NS3/c1-3-11-35(12-4-2)44-29-32-47(51-44)38-17-23-41(24-18-38)50(42-25-19-39(20-26-42)48-33-30-45(52-48)36-13-7-5-8-14-36)43-27-21-40(22-28-43)49-34-31-46(53-49)37-15-9-6-10-16-37/h3-34H,1H2,2H3/b12-4-,35-11+. The fourth-order valence-corrected chi connectivity index (χ4v) is 9.50. The molecule has 0 spiro atoms. The third-order valence-corrected chi connectivity index (χ3v) is 12.6. The quantitative estimate of drug-likeness (QED) is 0.120. The van der Waals surface area contributed by atoms with Crippen LogP contribution in [0.25, 0.3) is 57.8 Å². The molecule has 0 saturated heterocycles. The Morgan fingerprint density at radius 1 is 0.434 bits per heavy atom. The van der Waals surface area contributed by atoms with Gasteiger partial charge in [-0.05, 0) is 113 Å². The van der Waals surface area contributed by atoms with Crippen LogP contribution in [0.1, 0.15) is 11.8 Å². The van der Waals surface area contributed by atoms with Crippen LogP contribution in [0.2, 0.25) is 0 Å². The maximum atomic E-state index is 3.90. The second-order valence-electron chi connectivity index (χ2n) is 12.6. The van der Waals surface area contributed by atoms with Gasteiger partial charge in [0.05, 0.1) is 0 Å². The predicted octanol–water partition coefficient (Wildman–Crippen LogP) is 15.8. The summed E-state index contributed by atoms with van der Waals surface area (Å²) in [5.74, 6) is 0. The van der Waals surface area contributed by atoms with Crippen molar-refractivity contribution in [2.45, 2.75) is 6.92 Å². The molecule has 5 aromatic carbocycles. The summed E-state index contributed by atoms with van der Waals surface area (Å²) in [5, 5.41) is 0. The second kappa shape index (κ2) is 15.9. The number of anilines is 3. The summed E-state index contributed by atoms with van der Waals surface area (Å²) >= 11 is 5.46. The van der Waals surface area contributed by atoms with Gasteiger partial charge in [0, 0.05) is 46.3 Å². The molecule has 53 heavy (non-hydrogen) atoms. The molecule has 8 aromatic rings. The van der Waals surface area contributed by atoms with E-state index in [1.54, 1.807) is 11.3 Å². The van der Waals surface area contributed by atoms with Gasteiger partial charge in [0.25, 0.3) is 0 Å². The number of hydrogen-bond acceptors (Lipinski definition) is 4. The van der Waals surface area contributed by atoms with Gasteiger partial charge in [0.15, 0.2) is 0 Å². The molecule has 0 radical (unpaired) electrons. The van der Waals surface area contributed by atoms with E-state index in [1.165, 1.54) is 62.7 Å². The van der Waals surface area contributed by atoms with Gasteiger partial charge in [0.1, 0.15) is 0 Å². The number of nitrogens with zero attached hydrogens (tertiary/aromatic N) is 1. The lowest BCUT2D eigenvalue weighted by Crippen LogP contribution is -2.09. The van der Waals surface area contributed by atoms with E-state index in [-0.39, 0.29) is 0 Å². The Morgan fingerprint density at radius 2 is 0.792 bits per heavy atom. The van der Waals surface area contributed by atoms with E-state index < -0.39 is 0 Å². The largest absolute Gasteiger partial charge is 0.311 e. The predicted molar refractivity (Wildman–Crippen MR) is 235 cm³/mol. The Labute approximate surface area is 324 Å². The van der Waals surface area contributed by atoms with E-state index in [4.69, 9.17) is 0 Å². The van der Waals surface area contributed by atoms with Crippen molar-refractivity contribution in [3.05, 3.63) is 206 Å². The van der Waals surface area contributed by atoms with Crippen LogP contribution >= 0.6 is 34.0 Å². The number of rotatable bonds is 11. The van der Waals surface area contributed by atoms with Crippen molar-refractivity contribution in [2.75, 3.05) is 4.90 Å². The summed E-state index contributed by atoms with van der Waals surface area (Å²) in [6.45, 7) is 5.95. The fourth-order valence-electron chi connectivity index (χ4n) is 6.45. The van der Waals surface area contributed by atoms with Crippen LogP contribution in [0.3, 0.4) is 0 Å². The molecule has 0 saturated carbocycles. The lowest BCUT2D eigenvalue weighted by molar-refractivity contribution is 1.28. The Balaban J connectivity index is 1.11. The molecule has 0 atom stereocenters. The van der Waals surface area contributed by atoms with Gasteiger partial charge in [-0.3, -0.25) is 0 Å². The highest BCUT2D eigenvalue weighted by atomic mass is 32.1. The van der Waals surface area contributed by atoms with Crippen LogP contribution in [0, 0.1) is 0 Å².